The third-order valence-corrected chi connectivity index (χ3v) is 6.66. The molecular formula is C20H27N3O4S. The summed E-state index contributed by atoms with van der Waals surface area (Å²) in [7, 11) is -0.761. The SMILES string of the molecule is CS(C)(C)CCOC(=O)[C@H]1[C@H](Cn2nnc3ccccc3c2=O)CC[C@@H]1C=O. The first-order valence-electron chi connectivity index (χ1n) is 9.40. The summed E-state index contributed by atoms with van der Waals surface area (Å²) < 4.78 is 6.81. The van der Waals surface area contributed by atoms with E-state index < -0.39 is 15.9 Å². The molecule has 1 aliphatic carbocycles. The number of carbonyl (C=O) groups is 2. The van der Waals surface area contributed by atoms with Gasteiger partial charge in [-0.05, 0) is 49.7 Å². The highest BCUT2D eigenvalue weighted by Gasteiger charge is 2.42. The number of hydrogen-bond acceptors (Lipinski definition) is 6. The van der Waals surface area contributed by atoms with Gasteiger partial charge in [0.15, 0.2) is 0 Å². The number of hydrogen-bond donors (Lipinski definition) is 0. The number of ether oxygens (including phenoxy) is 1. The summed E-state index contributed by atoms with van der Waals surface area (Å²) >= 11 is 0. The van der Waals surface area contributed by atoms with Gasteiger partial charge in [-0.15, -0.1) is 5.10 Å². The van der Waals surface area contributed by atoms with E-state index in [0.717, 1.165) is 12.0 Å². The molecule has 3 atom stereocenters. The Kier molecular flexibility index (Phi) is 6.17. The van der Waals surface area contributed by atoms with Crippen molar-refractivity contribution in [1.29, 1.82) is 0 Å². The van der Waals surface area contributed by atoms with Crippen molar-refractivity contribution in [3.63, 3.8) is 0 Å². The molecule has 152 valence electrons. The molecule has 8 heteroatoms. The third-order valence-electron chi connectivity index (χ3n) is 5.26. The second-order valence-electron chi connectivity index (χ2n) is 8.22. The third kappa shape index (κ3) is 4.60. The van der Waals surface area contributed by atoms with Crippen LogP contribution in [0.25, 0.3) is 10.9 Å². The summed E-state index contributed by atoms with van der Waals surface area (Å²) in [6, 6.07) is 7.04. The molecular weight excluding hydrogens is 378 g/mol. The Balaban J connectivity index is 1.77. The molecule has 0 spiro atoms. The number of aromatic nitrogens is 3. The summed E-state index contributed by atoms with van der Waals surface area (Å²) in [4.78, 5) is 36.9. The fourth-order valence-corrected chi connectivity index (χ4v) is 4.28. The largest absolute Gasteiger partial charge is 0.465 e. The Bertz CT molecular complexity index is 922. The van der Waals surface area contributed by atoms with Crippen LogP contribution in [-0.4, -0.2) is 58.4 Å². The maximum Gasteiger partial charge on any atom is 0.310 e. The monoisotopic (exact) mass is 405 g/mol. The van der Waals surface area contributed by atoms with Crippen LogP contribution in [0.3, 0.4) is 0 Å². The van der Waals surface area contributed by atoms with Gasteiger partial charge in [0.2, 0.25) is 0 Å². The zero-order chi connectivity index (χ0) is 20.3. The van der Waals surface area contributed by atoms with Crippen LogP contribution < -0.4 is 5.56 Å². The fourth-order valence-electron chi connectivity index (χ4n) is 3.69. The molecule has 1 aliphatic rings. The van der Waals surface area contributed by atoms with E-state index in [1.165, 1.54) is 4.68 Å². The molecule has 1 saturated carbocycles. The minimum atomic E-state index is -0.761. The van der Waals surface area contributed by atoms with Gasteiger partial charge < -0.3 is 9.53 Å². The zero-order valence-electron chi connectivity index (χ0n) is 16.5. The quantitative estimate of drug-likeness (QED) is 0.516. The number of esters is 1. The summed E-state index contributed by atoms with van der Waals surface area (Å²) in [6.07, 6.45) is 8.63. The lowest BCUT2D eigenvalue weighted by atomic mass is 9.90. The highest BCUT2D eigenvalue weighted by Crippen LogP contribution is 2.38. The van der Waals surface area contributed by atoms with Crippen LogP contribution in [0.15, 0.2) is 29.1 Å². The summed E-state index contributed by atoms with van der Waals surface area (Å²) in [5, 5.41) is 8.62. The van der Waals surface area contributed by atoms with E-state index >= 15 is 0 Å². The van der Waals surface area contributed by atoms with Gasteiger partial charge in [0.1, 0.15) is 11.8 Å². The lowest BCUT2D eigenvalue weighted by molar-refractivity contribution is -0.152. The van der Waals surface area contributed by atoms with Crippen molar-refractivity contribution >= 4 is 33.2 Å². The molecule has 1 aromatic heterocycles. The van der Waals surface area contributed by atoms with Gasteiger partial charge in [-0.25, -0.2) is 14.7 Å². The van der Waals surface area contributed by atoms with Crippen molar-refractivity contribution in [3.8, 4) is 0 Å². The van der Waals surface area contributed by atoms with Crippen molar-refractivity contribution in [2.45, 2.75) is 19.4 Å². The minimum Gasteiger partial charge on any atom is -0.465 e. The highest BCUT2D eigenvalue weighted by atomic mass is 32.3. The Labute approximate surface area is 165 Å². The number of rotatable bonds is 7. The molecule has 0 bridgehead atoms. The molecule has 1 fully saturated rings. The Morgan fingerprint density at radius 1 is 1.29 bits per heavy atom. The van der Waals surface area contributed by atoms with Crippen molar-refractivity contribution in [2.75, 3.05) is 31.1 Å². The molecule has 0 saturated heterocycles. The standard InChI is InChI=1S/C20H27N3O4S/c1-28(2,3)11-10-27-20(26)18-14(8-9-15(18)13-24)12-23-19(25)16-6-4-5-7-17(16)21-22-23/h4-7,13-15,18H,8-12H2,1-3H3/t14-,15+,18-/m0/s1. The minimum absolute atomic E-state index is 0.169. The molecule has 28 heavy (non-hydrogen) atoms. The van der Waals surface area contributed by atoms with Crippen LogP contribution in [0, 0.1) is 17.8 Å². The normalized spacial score (nSPS) is 22.9. The van der Waals surface area contributed by atoms with Gasteiger partial charge >= 0.3 is 5.97 Å². The number of fused-ring (bicyclic) bond motifs is 1. The Morgan fingerprint density at radius 2 is 2.04 bits per heavy atom. The van der Waals surface area contributed by atoms with Crippen LogP contribution in [0.5, 0.6) is 0 Å². The van der Waals surface area contributed by atoms with Gasteiger partial charge in [0.05, 0.1) is 24.5 Å². The Hall–Kier alpha value is -2.22. The van der Waals surface area contributed by atoms with Crippen molar-refractivity contribution in [3.05, 3.63) is 34.6 Å². The predicted molar refractivity (Wildman–Crippen MR) is 111 cm³/mol. The molecule has 7 nitrogen and oxygen atoms in total. The maximum atomic E-state index is 12.7. The molecule has 2 aromatic rings. The molecule has 0 amide bonds. The molecule has 1 aromatic carbocycles. The number of aldehydes is 1. The van der Waals surface area contributed by atoms with E-state index in [4.69, 9.17) is 4.74 Å². The highest BCUT2D eigenvalue weighted by molar-refractivity contribution is 8.32. The average molecular weight is 406 g/mol. The second kappa shape index (κ2) is 8.43. The summed E-state index contributed by atoms with van der Waals surface area (Å²) in [5.74, 6) is -0.587. The van der Waals surface area contributed by atoms with E-state index in [0.29, 0.717) is 30.4 Å². The van der Waals surface area contributed by atoms with Gasteiger partial charge in [-0.3, -0.25) is 9.59 Å². The van der Waals surface area contributed by atoms with E-state index in [-0.39, 0.29) is 29.9 Å². The zero-order valence-corrected chi connectivity index (χ0v) is 17.4. The van der Waals surface area contributed by atoms with Gasteiger partial charge in [0, 0.05) is 11.7 Å². The van der Waals surface area contributed by atoms with Crippen LogP contribution in [0.2, 0.25) is 0 Å². The van der Waals surface area contributed by atoms with Gasteiger partial charge in [0.25, 0.3) is 5.56 Å². The maximum absolute atomic E-state index is 12.7. The van der Waals surface area contributed by atoms with Crippen LogP contribution in [-0.2, 0) is 20.9 Å². The Morgan fingerprint density at radius 3 is 2.75 bits per heavy atom. The van der Waals surface area contributed by atoms with E-state index in [2.05, 4.69) is 29.1 Å². The lowest BCUT2D eigenvalue weighted by Crippen LogP contribution is -2.34. The number of benzene rings is 1. The first-order valence-corrected chi connectivity index (χ1v) is 12.4. The van der Waals surface area contributed by atoms with Crippen LogP contribution >= 0.6 is 10.0 Å². The van der Waals surface area contributed by atoms with E-state index in [1.807, 2.05) is 0 Å². The van der Waals surface area contributed by atoms with Gasteiger partial charge in [-0.1, -0.05) is 17.3 Å². The fraction of sp³-hybridized carbons (Fsp3) is 0.550. The predicted octanol–water partition coefficient (Wildman–Crippen LogP) is 1.87. The average Bonchev–Trinajstić information content (AvgIpc) is 3.06. The van der Waals surface area contributed by atoms with Crippen molar-refractivity contribution < 1.29 is 14.3 Å². The molecule has 0 radical (unpaired) electrons. The number of nitrogens with zero attached hydrogens (tertiary/aromatic N) is 3. The molecule has 0 N–H and O–H groups in total. The van der Waals surface area contributed by atoms with E-state index in [1.54, 1.807) is 24.3 Å². The molecule has 1 heterocycles. The molecule has 0 unspecified atom stereocenters. The number of carbonyl (C=O) groups excluding carboxylic acids is 2. The van der Waals surface area contributed by atoms with Gasteiger partial charge in [-0.2, -0.15) is 0 Å². The van der Waals surface area contributed by atoms with Crippen LogP contribution in [0.1, 0.15) is 12.8 Å². The first-order chi connectivity index (χ1) is 13.3. The second-order valence-corrected chi connectivity index (χ2v) is 12.8. The molecule has 0 aliphatic heterocycles. The topological polar surface area (TPSA) is 91.2 Å². The summed E-state index contributed by atoms with van der Waals surface area (Å²) in [6.45, 7) is 0.619. The lowest BCUT2D eigenvalue weighted by Gasteiger charge is -2.26. The van der Waals surface area contributed by atoms with Crippen molar-refractivity contribution in [2.24, 2.45) is 17.8 Å². The molecule has 3 rings (SSSR count). The van der Waals surface area contributed by atoms with Crippen molar-refractivity contribution in [1.82, 2.24) is 15.0 Å². The van der Waals surface area contributed by atoms with E-state index in [9.17, 15) is 14.4 Å². The smallest absolute Gasteiger partial charge is 0.310 e. The first kappa shape index (κ1) is 20.5. The van der Waals surface area contributed by atoms with Crippen LogP contribution in [0.4, 0.5) is 0 Å². The summed E-state index contributed by atoms with van der Waals surface area (Å²) in [5.41, 5.74) is 0.310.